The van der Waals surface area contributed by atoms with Crippen LogP contribution >= 0.6 is 35.6 Å². The number of benzene rings is 1. The lowest BCUT2D eigenvalue weighted by Gasteiger charge is -2.17. The second kappa shape index (κ2) is 12.0. The van der Waals surface area contributed by atoms with E-state index in [-0.39, 0.29) is 18.4 Å². The molecule has 0 N–H and O–H groups in total. The summed E-state index contributed by atoms with van der Waals surface area (Å²) in [6.45, 7) is 8.03. The summed E-state index contributed by atoms with van der Waals surface area (Å²) in [5.41, 5.74) is 0.365. The number of carbonyl (C=O) groups is 1. The molecule has 0 spiro atoms. The highest BCUT2D eigenvalue weighted by atomic mass is 35.5. The van der Waals surface area contributed by atoms with E-state index in [1.165, 1.54) is 0 Å². The predicted molar refractivity (Wildman–Crippen MR) is 95.6 cm³/mol. The van der Waals surface area contributed by atoms with Gasteiger partial charge in [-0.05, 0) is 57.1 Å². The number of hydrogen-bond donors (Lipinski definition) is 0. The molecule has 0 aliphatic rings. The van der Waals surface area contributed by atoms with Gasteiger partial charge in [0.25, 0.3) is 0 Å². The van der Waals surface area contributed by atoms with Crippen molar-refractivity contribution in [1.29, 1.82) is 0 Å². The van der Waals surface area contributed by atoms with E-state index in [0.717, 1.165) is 38.9 Å². The van der Waals surface area contributed by atoms with Crippen LogP contribution in [0.15, 0.2) is 18.2 Å². The number of ether oxygens (including phenoxy) is 1. The molecule has 22 heavy (non-hydrogen) atoms. The summed E-state index contributed by atoms with van der Waals surface area (Å²) in [5.74, 6) is -0.389. The second-order valence-electron chi connectivity index (χ2n) is 4.85. The minimum atomic E-state index is -0.389. The highest BCUT2D eigenvalue weighted by molar-refractivity contribution is 6.36. The first-order chi connectivity index (χ1) is 10.1. The first-order valence-corrected chi connectivity index (χ1v) is 8.18. The number of rotatable bonds is 9. The summed E-state index contributed by atoms with van der Waals surface area (Å²) in [4.78, 5) is 14.2. The van der Waals surface area contributed by atoms with Gasteiger partial charge in [0.2, 0.25) is 0 Å². The van der Waals surface area contributed by atoms with Gasteiger partial charge >= 0.3 is 5.97 Å². The smallest absolute Gasteiger partial charge is 0.339 e. The average molecular weight is 369 g/mol. The summed E-state index contributed by atoms with van der Waals surface area (Å²) in [5, 5.41) is 0.835. The number of carbonyl (C=O) groups excluding carboxylic acids is 1. The molecule has 1 aromatic rings. The van der Waals surface area contributed by atoms with Gasteiger partial charge in [0.15, 0.2) is 0 Å². The van der Waals surface area contributed by atoms with Crippen LogP contribution in [0, 0.1) is 0 Å². The van der Waals surface area contributed by atoms with E-state index >= 15 is 0 Å². The minimum absolute atomic E-state index is 0. The Balaban J connectivity index is 0.00000441. The molecule has 0 heterocycles. The molecule has 0 atom stereocenters. The molecular weight excluding hydrogens is 345 g/mol. The molecule has 0 aliphatic heterocycles. The van der Waals surface area contributed by atoms with Crippen molar-refractivity contribution in [2.45, 2.75) is 33.1 Å². The number of hydrogen-bond acceptors (Lipinski definition) is 3. The predicted octanol–water partition coefficient (Wildman–Crippen LogP) is 5.08. The SMILES string of the molecule is CCN(CC)CCCCCOC(=O)c1ccc(Cl)cc1Cl.Cl. The van der Waals surface area contributed by atoms with E-state index in [1.54, 1.807) is 18.2 Å². The number of nitrogens with zero attached hydrogens (tertiary/aromatic N) is 1. The van der Waals surface area contributed by atoms with Gasteiger partial charge in [0.05, 0.1) is 17.2 Å². The maximum atomic E-state index is 11.9. The zero-order chi connectivity index (χ0) is 15.7. The summed E-state index contributed by atoms with van der Waals surface area (Å²) in [6, 6.07) is 4.77. The van der Waals surface area contributed by atoms with E-state index in [2.05, 4.69) is 18.7 Å². The van der Waals surface area contributed by atoms with E-state index in [0.29, 0.717) is 22.2 Å². The quantitative estimate of drug-likeness (QED) is 0.449. The highest BCUT2D eigenvalue weighted by Crippen LogP contribution is 2.21. The maximum Gasteiger partial charge on any atom is 0.339 e. The Morgan fingerprint density at radius 2 is 1.82 bits per heavy atom. The maximum absolute atomic E-state index is 11.9. The van der Waals surface area contributed by atoms with Crippen molar-refractivity contribution < 1.29 is 9.53 Å². The van der Waals surface area contributed by atoms with Crippen LogP contribution in [0.1, 0.15) is 43.5 Å². The van der Waals surface area contributed by atoms with Crippen LogP contribution in [0.2, 0.25) is 10.0 Å². The Bertz CT molecular complexity index is 451. The van der Waals surface area contributed by atoms with Gasteiger partial charge in [-0.1, -0.05) is 37.0 Å². The van der Waals surface area contributed by atoms with Crippen molar-refractivity contribution in [1.82, 2.24) is 4.90 Å². The standard InChI is InChI=1S/C16H23Cl2NO2.ClH/c1-3-19(4-2)10-6-5-7-11-21-16(20)14-9-8-13(17)12-15(14)18;/h8-9,12H,3-7,10-11H2,1-2H3;1H. The Morgan fingerprint density at radius 1 is 1.14 bits per heavy atom. The molecule has 1 aromatic carbocycles. The van der Waals surface area contributed by atoms with E-state index in [4.69, 9.17) is 27.9 Å². The third kappa shape index (κ3) is 7.68. The van der Waals surface area contributed by atoms with Crippen LogP contribution in [-0.2, 0) is 4.74 Å². The Labute approximate surface area is 149 Å². The van der Waals surface area contributed by atoms with Crippen molar-refractivity contribution in [2.24, 2.45) is 0 Å². The average Bonchev–Trinajstić information content (AvgIpc) is 2.46. The molecule has 0 fully saturated rings. The lowest BCUT2D eigenvalue weighted by molar-refractivity contribution is 0.0497. The summed E-state index contributed by atoms with van der Waals surface area (Å²) < 4.78 is 5.23. The fraction of sp³-hybridized carbons (Fsp3) is 0.562. The molecule has 0 aromatic heterocycles. The Kier molecular flexibility index (Phi) is 11.7. The fourth-order valence-corrected chi connectivity index (χ4v) is 2.54. The largest absolute Gasteiger partial charge is 0.462 e. The van der Waals surface area contributed by atoms with Crippen molar-refractivity contribution in [2.75, 3.05) is 26.2 Å². The molecule has 0 bridgehead atoms. The summed E-state index contributed by atoms with van der Waals surface area (Å²) in [6.07, 6.45) is 3.05. The third-order valence-electron chi connectivity index (χ3n) is 3.40. The van der Waals surface area contributed by atoms with E-state index in [1.807, 2.05) is 0 Å². The van der Waals surface area contributed by atoms with Crippen LogP contribution in [0.3, 0.4) is 0 Å². The molecule has 1 rings (SSSR count). The third-order valence-corrected chi connectivity index (χ3v) is 3.95. The molecular formula is C16H24Cl3NO2. The highest BCUT2D eigenvalue weighted by Gasteiger charge is 2.11. The van der Waals surface area contributed by atoms with Crippen LogP contribution in [0.25, 0.3) is 0 Å². The molecule has 0 unspecified atom stereocenters. The van der Waals surface area contributed by atoms with Gasteiger partial charge in [-0.25, -0.2) is 4.79 Å². The van der Waals surface area contributed by atoms with Gasteiger partial charge in [0.1, 0.15) is 0 Å². The van der Waals surface area contributed by atoms with E-state index in [9.17, 15) is 4.79 Å². The van der Waals surface area contributed by atoms with Gasteiger partial charge in [-0.3, -0.25) is 0 Å². The lowest BCUT2D eigenvalue weighted by atomic mass is 10.2. The summed E-state index contributed by atoms with van der Waals surface area (Å²) in [7, 11) is 0. The molecule has 0 saturated carbocycles. The number of esters is 1. The first-order valence-electron chi connectivity index (χ1n) is 7.43. The van der Waals surface area contributed by atoms with Gasteiger partial charge in [0, 0.05) is 5.02 Å². The zero-order valence-corrected chi connectivity index (χ0v) is 15.4. The zero-order valence-electron chi connectivity index (χ0n) is 13.1. The molecule has 0 amide bonds. The van der Waals surface area contributed by atoms with Gasteiger partial charge < -0.3 is 9.64 Å². The molecule has 3 nitrogen and oxygen atoms in total. The molecule has 6 heteroatoms. The van der Waals surface area contributed by atoms with Crippen LogP contribution in [0.4, 0.5) is 0 Å². The molecule has 0 saturated heterocycles. The van der Waals surface area contributed by atoms with Crippen LogP contribution in [-0.4, -0.2) is 37.1 Å². The Hall–Kier alpha value is -0.480. The van der Waals surface area contributed by atoms with Crippen molar-refractivity contribution in [3.05, 3.63) is 33.8 Å². The molecule has 0 radical (unpaired) electrons. The van der Waals surface area contributed by atoms with Crippen molar-refractivity contribution >= 4 is 41.6 Å². The van der Waals surface area contributed by atoms with Crippen molar-refractivity contribution in [3.8, 4) is 0 Å². The van der Waals surface area contributed by atoms with Crippen LogP contribution in [0.5, 0.6) is 0 Å². The lowest BCUT2D eigenvalue weighted by Crippen LogP contribution is -2.23. The van der Waals surface area contributed by atoms with Gasteiger partial charge in [-0.15, -0.1) is 12.4 Å². The fourth-order valence-electron chi connectivity index (χ4n) is 2.05. The number of unbranched alkanes of at least 4 members (excludes halogenated alkanes) is 2. The monoisotopic (exact) mass is 367 g/mol. The minimum Gasteiger partial charge on any atom is -0.462 e. The van der Waals surface area contributed by atoms with E-state index < -0.39 is 0 Å². The van der Waals surface area contributed by atoms with Crippen LogP contribution < -0.4 is 0 Å². The van der Waals surface area contributed by atoms with Crippen molar-refractivity contribution in [3.63, 3.8) is 0 Å². The normalized spacial score (nSPS) is 10.4. The first kappa shape index (κ1) is 21.5. The molecule has 126 valence electrons. The van der Waals surface area contributed by atoms with Gasteiger partial charge in [-0.2, -0.15) is 0 Å². The number of halogens is 3. The topological polar surface area (TPSA) is 29.5 Å². The summed E-state index contributed by atoms with van der Waals surface area (Å²) >= 11 is 11.8. The molecule has 0 aliphatic carbocycles. The second-order valence-corrected chi connectivity index (χ2v) is 5.69. The Morgan fingerprint density at radius 3 is 2.41 bits per heavy atom.